The number of para-hydroxylation sites is 1. The molecule has 4 nitrogen and oxygen atoms in total. The van der Waals surface area contributed by atoms with Crippen molar-refractivity contribution in [2.45, 2.75) is 6.67 Å². The van der Waals surface area contributed by atoms with Crippen molar-refractivity contribution in [3.8, 4) is 0 Å². The molecule has 0 aliphatic carbocycles. The first-order valence-electron chi connectivity index (χ1n) is 4.08. The van der Waals surface area contributed by atoms with Gasteiger partial charge < -0.3 is 9.88 Å². The highest BCUT2D eigenvalue weighted by Gasteiger charge is 2.18. The maximum absolute atomic E-state index is 11.4. The maximum Gasteiger partial charge on any atom is 0.254 e. The molecular formula is C9H7N3O. The van der Waals surface area contributed by atoms with E-state index in [1.807, 2.05) is 22.8 Å². The summed E-state index contributed by atoms with van der Waals surface area (Å²) in [5.74, 6) is -0.0152. The number of benzene rings is 1. The predicted molar refractivity (Wildman–Crippen MR) is 47.2 cm³/mol. The smallest absolute Gasteiger partial charge is 0.254 e. The zero-order valence-electron chi connectivity index (χ0n) is 6.82. The lowest BCUT2D eigenvalue weighted by molar-refractivity contribution is 0.0937. The van der Waals surface area contributed by atoms with E-state index in [4.69, 9.17) is 0 Å². The molecule has 1 aliphatic heterocycles. The first kappa shape index (κ1) is 6.65. The summed E-state index contributed by atoms with van der Waals surface area (Å²) in [4.78, 5) is 15.6. The maximum atomic E-state index is 11.4. The van der Waals surface area contributed by atoms with Crippen LogP contribution in [0.25, 0.3) is 11.0 Å². The lowest BCUT2D eigenvalue weighted by Gasteiger charge is -2.14. The third-order valence-electron chi connectivity index (χ3n) is 2.29. The summed E-state index contributed by atoms with van der Waals surface area (Å²) in [6.45, 7) is 0.520. The van der Waals surface area contributed by atoms with E-state index in [9.17, 15) is 4.79 Å². The van der Waals surface area contributed by atoms with Gasteiger partial charge in [-0.2, -0.15) is 0 Å². The number of hydrogen-bond acceptors (Lipinski definition) is 2. The van der Waals surface area contributed by atoms with Crippen LogP contribution in [-0.4, -0.2) is 15.5 Å². The SMILES string of the molecule is O=C1NCn2cnc3cccc1c32. The van der Waals surface area contributed by atoms with Gasteiger partial charge in [-0.25, -0.2) is 4.98 Å². The van der Waals surface area contributed by atoms with Crippen molar-refractivity contribution in [2.75, 3.05) is 0 Å². The Morgan fingerprint density at radius 2 is 2.38 bits per heavy atom. The fourth-order valence-electron chi connectivity index (χ4n) is 1.68. The van der Waals surface area contributed by atoms with Gasteiger partial charge in [0, 0.05) is 0 Å². The van der Waals surface area contributed by atoms with E-state index >= 15 is 0 Å². The van der Waals surface area contributed by atoms with Gasteiger partial charge in [-0.15, -0.1) is 0 Å². The molecule has 0 atom stereocenters. The molecule has 1 aromatic heterocycles. The van der Waals surface area contributed by atoms with Crippen molar-refractivity contribution < 1.29 is 4.79 Å². The molecule has 2 heterocycles. The second kappa shape index (κ2) is 2.10. The average Bonchev–Trinajstić information content (AvgIpc) is 2.57. The van der Waals surface area contributed by atoms with Crippen molar-refractivity contribution in [3.05, 3.63) is 30.1 Å². The number of nitrogens with zero attached hydrogens (tertiary/aromatic N) is 2. The largest absolute Gasteiger partial charge is 0.334 e. The molecule has 0 unspecified atom stereocenters. The van der Waals surface area contributed by atoms with Gasteiger partial charge in [0.2, 0.25) is 0 Å². The van der Waals surface area contributed by atoms with Crippen LogP contribution in [0.4, 0.5) is 0 Å². The summed E-state index contributed by atoms with van der Waals surface area (Å²) >= 11 is 0. The fraction of sp³-hybridized carbons (Fsp3) is 0.111. The molecule has 0 spiro atoms. The number of aromatic nitrogens is 2. The van der Waals surface area contributed by atoms with Gasteiger partial charge in [0.15, 0.2) is 0 Å². The number of carbonyl (C=O) groups is 1. The van der Waals surface area contributed by atoms with E-state index in [1.54, 1.807) is 6.33 Å². The van der Waals surface area contributed by atoms with E-state index < -0.39 is 0 Å². The van der Waals surface area contributed by atoms with E-state index in [0.29, 0.717) is 12.2 Å². The highest BCUT2D eigenvalue weighted by molar-refractivity contribution is 6.05. The molecule has 0 saturated carbocycles. The summed E-state index contributed by atoms with van der Waals surface area (Å²) in [6.07, 6.45) is 1.74. The molecule has 1 amide bonds. The van der Waals surface area contributed by atoms with Crippen LogP contribution in [0.15, 0.2) is 24.5 Å². The minimum Gasteiger partial charge on any atom is -0.334 e. The first-order chi connectivity index (χ1) is 6.36. The molecule has 0 radical (unpaired) electrons. The van der Waals surface area contributed by atoms with E-state index in [-0.39, 0.29) is 5.91 Å². The van der Waals surface area contributed by atoms with E-state index in [2.05, 4.69) is 10.3 Å². The van der Waals surface area contributed by atoms with Gasteiger partial charge in [-0.3, -0.25) is 4.79 Å². The van der Waals surface area contributed by atoms with Crippen LogP contribution in [0.1, 0.15) is 10.4 Å². The van der Waals surface area contributed by atoms with Crippen LogP contribution in [0.5, 0.6) is 0 Å². The minimum atomic E-state index is -0.0152. The van der Waals surface area contributed by atoms with Crippen LogP contribution in [-0.2, 0) is 6.67 Å². The van der Waals surface area contributed by atoms with Gasteiger partial charge in [0.1, 0.15) is 0 Å². The van der Waals surface area contributed by atoms with Gasteiger partial charge in [-0.05, 0) is 12.1 Å². The molecule has 4 heteroatoms. The van der Waals surface area contributed by atoms with Crippen LogP contribution in [0.2, 0.25) is 0 Å². The number of rotatable bonds is 0. The zero-order valence-corrected chi connectivity index (χ0v) is 6.82. The Morgan fingerprint density at radius 1 is 1.46 bits per heavy atom. The summed E-state index contributed by atoms with van der Waals surface area (Å²) in [5.41, 5.74) is 2.53. The topological polar surface area (TPSA) is 46.9 Å². The number of amides is 1. The van der Waals surface area contributed by atoms with Crippen LogP contribution in [0.3, 0.4) is 0 Å². The highest BCUT2D eigenvalue weighted by Crippen LogP contribution is 2.19. The summed E-state index contributed by atoms with van der Waals surface area (Å²) in [7, 11) is 0. The Hall–Kier alpha value is -1.84. The van der Waals surface area contributed by atoms with Crippen LogP contribution >= 0.6 is 0 Å². The molecule has 64 valence electrons. The Labute approximate surface area is 74.2 Å². The Balaban J connectivity index is 2.52. The fourth-order valence-corrected chi connectivity index (χ4v) is 1.68. The number of nitrogens with one attached hydrogen (secondary N) is 1. The van der Waals surface area contributed by atoms with E-state index in [1.165, 1.54) is 0 Å². The van der Waals surface area contributed by atoms with Crippen LogP contribution < -0.4 is 5.32 Å². The van der Waals surface area contributed by atoms with Crippen molar-refractivity contribution >= 4 is 16.9 Å². The van der Waals surface area contributed by atoms with Crippen molar-refractivity contribution in [1.29, 1.82) is 0 Å². The molecule has 1 aliphatic rings. The lowest BCUT2D eigenvalue weighted by atomic mass is 10.1. The van der Waals surface area contributed by atoms with Gasteiger partial charge >= 0.3 is 0 Å². The quantitative estimate of drug-likeness (QED) is 0.638. The van der Waals surface area contributed by atoms with Crippen molar-refractivity contribution in [1.82, 2.24) is 14.9 Å². The summed E-state index contributed by atoms with van der Waals surface area (Å²) in [6, 6.07) is 5.57. The molecule has 0 saturated heterocycles. The van der Waals surface area contributed by atoms with Crippen molar-refractivity contribution in [3.63, 3.8) is 0 Å². The molecule has 0 fully saturated rings. The normalized spacial score (nSPS) is 14.6. The molecule has 2 aromatic rings. The van der Waals surface area contributed by atoms with E-state index in [0.717, 1.165) is 11.0 Å². The second-order valence-electron chi connectivity index (χ2n) is 3.05. The second-order valence-corrected chi connectivity index (χ2v) is 3.05. The third-order valence-corrected chi connectivity index (χ3v) is 2.29. The molecular weight excluding hydrogens is 166 g/mol. The van der Waals surface area contributed by atoms with Gasteiger partial charge in [0.05, 0.1) is 29.6 Å². The molecule has 0 bridgehead atoms. The molecule has 13 heavy (non-hydrogen) atoms. The first-order valence-corrected chi connectivity index (χ1v) is 4.08. The Kier molecular flexibility index (Phi) is 1.07. The van der Waals surface area contributed by atoms with Crippen LogP contribution in [0, 0.1) is 0 Å². The van der Waals surface area contributed by atoms with Crippen molar-refractivity contribution in [2.24, 2.45) is 0 Å². The Morgan fingerprint density at radius 3 is 3.31 bits per heavy atom. The lowest BCUT2D eigenvalue weighted by Crippen LogP contribution is -2.30. The molecule has 3 rings (SSSR count). The Bertz CT molecular complexity index is 501. The minimum absolute atomic E-state index is 0.0152. The summed E-state index contributed by atoms with van der Waals surface area (Å²) in [5, 5.41) is 2.77. The third kappa shape index (κ3) is 0.744. The average molecular weight is 173 g/mol. The standard InChI is InChI=1S/C9H7N3O/c13-9-6-2-1-3-7-8(6)12(4-10-7)5-11-9/h1-4H,5H2,(H,11,13). The number of imidazole rings is 1. The zero-order chi connectivity index (χ0) is 8.84. The number of carbonyl (C=O) groups excluding carboxylic acids is 1. The van der Waals surface area contributed by atoms with Gasteiger partial charge in [0.25, 0.3) is 5.91 Å². The summed E-state index contributed by atoms with van der Waals surface area (Å²) < 4.78 is 1.94. The predicted octanol–water partition coefficient (Wildman–Crippen LogP) is 0.737. The highest BCUT2D eigenvalue weighted by atomic mass is 16.1. The number of hydrogen-bond donors (Lipinski definition) is 1. The molecule has 1 aromatic carbocycles. The van der Waals surface area contributed by atoms with Gasteiger partial charge in [-0.1, -0.05) is 6.07 Å². The molecule has 1 N–H and O–H groups in total. The monoisotopic (exact) mass is 173 g/mol.